The number of methoxy groups -OCH3 is 8. The monoisotopic (exact) mass is 2000 g/mol. The smallest absolute Gasteiger partial charge is 0.258 e. The standard InChI is InChI=1S/C24H28N4O3.C24H30N4O3.C23H23N3O3.C22H23N5O2.C22H23N3O3/c1-15-7-19(27-12-17-10-26(2)11-18(17)13-27)14-28-23(29)9-20(25-24(15)28)16-5-6-21(30-3)22(8-16)31-4;1-16-12-19(27-10-8-18(9-11-27)26(2)3)15-28-23(29)14-20(25-24(16)28)17-6-7-21(30-4)22(13-17)31-5;1-28-20-7-3-14(11-21(20)29-2)19-12-23(27)26-13-15(4-8-22(26)25-19)16-9-17-5-6-18(10-16)24-17;1-14-23-18-6-4-15(10-20(18)29-14)19-11-22(28)27-13-17(5-7-21(27)24-19)26-9-8-16(12-26)25(2)3;1-14-9-17(16-5-4-8-23-12-16)13-25-21(26)11-18(24-22(14)25)15-6-7-19(27-2)20(10-15)28-3/h5-9,14,17-18H,10-13H2,1-4H3;6-7,12-15,18H,8-11H2,1-5H3;3-4,7-9,11-13,17-18,24H,5-6,10H2,1-2H3;4-7,10-11,13,16H,8-9,12H2,1-3H3;5-7,9-11,13,23H,4,8,12H2,1-3H3/t17-,18+;;17-,18+;16-;/m..11./s1. The van der Waals surface area contributed by atoms with E-state index < -0.39 is 0 Å². The first-order valence-electron chi connectivity index (χ1n) is 50.2. The number of hydrogen-bond acceptors (Lipinski definition) is 28. The summed E-state index contributed by atoms with van der Waals surface area (Å²) in [5.74, 6) is 7.03. The average molecular weight is 2000 g/mol. The molecule has 5 saturated heterocycles. The van der Waals surface area contributed by atoms with Gasteiger partial charge >= 0.3 is 0 Å². The molecule has 5 atom stereocenters. The minimum atomic E-state index is -0.107. The van der Waals surface area contributed by atoms with Gasteiger partial charge in [0.1, 0.15) is 33.8 Å². The van der Waals surface area contributed by atoms with Gasteiger partial charge in [-0.15, -0.1) is 0 Å². The number of hydrogen-bond donors (Lipinski definition) is 2. The summed E-state index contributed by atoms with van der Waals surface area (Å²) in [6, 6.07) is 52.3. The van der Waals surface area contributed by atoms with E-state index in [1.165, 1.54) is 24.0 Å². The van der Waals surface area contributed by atoms with Crippen molar-refractivity contribution in [1.82, 2.24) is 77.2 Å². The van der Waals surface area contributed by atoms with Gasteiger partial charge < -0.3 is 82.3 Å². The molecule has 0 saturated carbocycles. The van der Waals surface area contributed by atoms with Crippen LogP contribution in [0.3, 0.4) is 0 Å². The maximum absolute atomic E-state index is 13.1. The number of aromatic nitrogens is 11. The third-order valence-corrected chi connectivity index (χ3v) is 29.4. The normalized spacial score (nSPS) is 17.6. The lowest BCUT2D eigenvalue weighted by atomic mass is 9.97. The van der Waals surface area contributed by atoms with Crippen molar-refractivity contribution in [1.29, 1.82) is 0 Å². The Hall–Kier alpha value is -15.6. The molecule has 0 aliphatic carbocycles. The number of fused-ring (bicyclic) bond motifs is 9. The predicted molar refractivity (Wildman–Crippen MR) is 581 cm³/mol. The summed E-state index contributed by atoms with van der Waals surface area (Å²) in [6.45, 7) is 18.0. The molecule has 33 heteroatoms. The van der Waals surface area contributed by atoms with E-state index in [1.54, 1.807) is 109 Å². The molecule has 766 valence electrons. The number of rotatable bonds is 20. The highest BCUT2D eigenvalue weighted by Crippen LogP contribution is 2.41. The number of pyridine rings is 5. The topological polar surface area (TPSA) is 315 Å². The lowest BCUT2D eigenvalue weighted by molar-refractivity contribution is 0.249. The minimum Gasteiger partial charge on any atom is -0.493 e. The van der Waals surface area contributed by atoms with Crippen LogP contribution in [0.2, 0.25) is 0 Å². The Morgan fingerprint density at radius 3 is 1.24 bits per heavy atom. The number of ether oxygens (including phenoxy) is 8. The number of benzene rings is 5. The molecule has 0 radical (unpaired) electrons. The predicted octanol–water partition coefficient (Wildman–Crippen LogP) is 15.2. The molecule has 23 rings (SSSR count). The van der Waals surface area contributed by atoms with Crippen LogP contribution in [0.5, 0.6) is 46.0 Å². The second kappa shape index (κ2) is 43.6. The summed E-state index contributed by atoms with van der Waals surface area (Å²) in [5.41, 5.74) is 22.3. The molecule has 7 aliphatic rings. The van der Waals surface area contributed by atoms with Crippen molar-refractivity contribution in [3.05, 3.63) is 292 Å². The molecule has 148 heavy (non-hydrogen) atoms. The molecule has 33 nitrogen and oxygen atoms in total. The van der Waals surface area contributed by atoms with Gasteiger partial charge in [0.25, 0.3) is 27.8 Å². The van der Waals surface area contributed by atoms with Crippen molar-refractivity contribution >= 4 is 67.5 Å². The largest absolute Gasteiger partial charge is 0.493 e. The van der Waals surface area contributed by atoms with Crippen LogP contribution in [0.1, 0.15) is 78.7 Å². The first kappa shape index (κ1) is 101. The molecule has 0 amide bonds. The molecule has 18 heterocycles. The van der Waals surface area contributed by atoms with Crippen molar-refractivity contribution < 1.29 is 42.3 Å². The van der Waals surface area contributed by atoms with Crippen LogP contribution in [0.4, 0.5) is 17.1 Å². The maximum atomic E-state index is 13.1. The van der Waals surface area contributed by atoms with E-state index in [9.17, 15) is 24.0 Å². The average Bonchev–Trinajstić information content (AvgIpc) is 1.45. The first-order chi connectivity index (χ1) is 71.6. The SMILES string of the molecule is COc1ccc(-c2cc(=O)n3cc(C4=CCCNC4)cc(C)c3n2)cc1OC.COc1ccc(-c2cc(=O)n3cc(C4=C[C@H]5CC[C@@H](C4)N5)ccc3n2)cc1OC.COc1ccc(-c2cc(=O)n3cc(N4CCC(N(C)C)CC4)cc(C)c3n2)cc1OC.COc1ccc(-c2cc(=O)n3cc(N4C[C@H]5CN(C)C[C@H]5C4)cc(C)c3n2)cc1OC.Cc1nc2ccc(-c3cc(=O)n4cc(N5CC[C@@H](N(C)C)C5)ccc4n3)cc2o1. The van der Waals surface area contributed by atoms with Crippen molar-refractivity contribution in [3.8, 4) is 102 Å². The van der Waals surface area contributed by atoms with Crippen LogP contribution in [0, 0.1) is 39.5 Å². The Morgan fingerprint density at radius 1 is 0.365 bits per heavy atom. The summed E-state index contributed by atoms with van der Waals surface area (Å²) in [7, 11) is 23.5. The summed E-state index contributed by atoms with van der Waals surface area (Å²) in [6.07, 6.45) is 21.9. The van der Waals surface area contributed by atoms with E-state index in [4.69, 9.17) is 67.2 Å². The van der Waals surface area contributed by atoms with E-state index >= 15 is 0 Å². The van der Waals surface area contributed by atoms with Gasteiger partial charge in [-0.3, -0.25) is 46.0 Å². The van der Waals surface area contributed by atoms with Crippen LogP contribution in [-0.4, -0.2) is 248 Å². The molecule has 0 unspecified atom stereocenters. The van der Waals surface area contributed by atoms with E-state index in [-0.39, 0.29) is 27.8 Å². The highest BCUT2D eigenvalue weighted by atomic mass is 16.5. The van der Waals surface area contributed by atoms with Crippen LogP contribution in [0.25, 0.3) is 107 Å². The Kier molecular flexibility index (Phi) is 29.8. The Bertz CT molecular complexity index is 8100. The Balaban J connectivity index is 0.000000116. The van der Waals surface area contributed by atoms with Gasteiger partial charge in [0.2, 0.25) is 0 Å². The van der Waals surface area contributed by atoms with Crippen molar-refractivity contribution in [2.24, 2.45) is 11.8 Å². The molecule has 16 aromatic rings. The van der Waals surface area contributed by atoms with Gasteiger partial charge in [0.15, 0.2) is 57.5 Å². The number of anilines is 3. The number of nitrogens with one attached hydrogen (secondary N) is 2. The fraction of sp³-hybridized carbons (Fsp3) is 0.348. The molecule has 7 aliphatic heterocycles. The van der Waals surface area contributed by atoms with E-state index in [0.717, 1.165) is 176 Å². The summed E-state index contributed by atoms with van der Waals surface area (Å²) < 4.78 is 56.6. The third-order valence-electron chi connectivity index (χ3n) is 29.4. The zero-order chi connectivity index (χ0) is 104. The molecule has 5 fully saturated rings. The number of aryl methyl sites for hydroxylation is 4. The number of likely N-dealkylation sites (tertiary alicyclic amines) is 1. The number of piperidine rings is 1. The molecule has 2 bridgehead atoms. The second-order valence-electron chi connectivity index (χ2n) is 39.4. The number of oxazole rings is 1. The molecule has 5 aromatic carbocycles. The highest BCUT2D eigenvalue weighted by Gasteiger charge is 2.40. The van der Waals surface area contributed by atoms with Crippen molar-refractivity contribution in [2.45, 2.75) is 96.8 Å². The summed E-state index contributed by atoms with van der Waals surface area (Å²) >= 11 is 0. The van der Waals surface area contributed by atoms with Gasteiger partial charge in [-0.1, -0.05) is 18.2 Å². The Labute approximate surface area is 857 Å². The second-order valence-corrected chi connectivity index (χ2v) is 39.4. The van der Waals surface area contributed by atoms with Crippen LogP contribution in [0.15, 0.2) is 235 Å². The van der Waals surface area contributed by atoms with Gasteiger partial charge in [0, 0.05) is 179 Å². The van der Waals surface area contributed by atoms with E-state index in [0.29, 0.717) is 150 Å². The minimum absolute atomic E-state index is 0.0844. The van der Waals surface area contributed by atoms with Crippen molar-refractivity contribution in [3.63, 3.8) is 0 Å². The molecule has 11 aromatic heterocycles. The zero-order valence-electron chi connectivity index (χ0n) is 86.9. The maximum Gasteiger partial charge on any atom is 0.258 e. The van der Waals surface area contributed by atoms with Gasteiger partial charge in [-0.25, -0.2) is 29.9 Å². The van der Waals surface area contributed by atoms with Gasteiger partial charge in [-0.2, -0.15) is 0 Å². The van der Waals surface area contributed by atoms with Crippen LogP contribution < -0.4 is 91.0 Å². The lowest BCUT2D eigenvalue weighted by Gasteiger charge is -2.36. The van der Waals surface area contributed by atoms with Crippen LogP contribution in [-0.2, 0) is 0 Å². The molecular weight excluding hydrogens is 1870 g/mol. The molecule has 2 N–H and O–H groups in total. The number of likely N-dealkylation sites (N-methyl/N-ethyl adjacent to an activating group) is 1. The summed E-state index contributed by atoms with van der Waals surface area (Å²) in [5, 5.41) is 6.98. The van der Waals surface area contributed by atoms with Gasteiger partial charge in [-0.05, 0) is 286 Å². The van der Waals surface area contributed by atoms with Crippen LogP contribution >= 0.6 is 0 Å². The zero-order valence-corrected chi connectivity index (χ0v) is 86.9. The highest BCUT2D eigenvalue weighted by molar-refractivity contribution is 5.81. The molecular formula is C115H127N19O14. The van der Waals surface area contributed by atoms with E-state index in [1.807, 2.05) is 168 Å². The van der Waals surface area contributed by atoms with E-state index in [2.05, 4.69) is 117 Å². The quantitative estimate of drug-likeness (QED) is 0.0716. The lowest BCUT2D eigenvalue weighted by Crippen LogP contribution is -2.42. The fourth-order valence-corrected chi connectivity index (χ4v) is 21.4. The third kappa shape index (κ3) is 21.4. The fourth-order valence-electron chi connectivity index (χ4n) is 21.4. The van der Waals surface area contributed by atoms with Gasteiger partial charge in [0.05, 0.1) is 102 Å². The Morgan fingerprint density at radius 2 is 0.777 bits per heavy atom. The number of nitrogens with zero attached hydrogens (tertiary/aromatic N) is 17. The van der Waals surface area contributed by atoms with Crippen molar-refractivity contribution in [2.75, 3.05) is 172 Å². The molecule has 0 spiro atoms. The summed E-state index contributed by atoms with van der Waals surface area (Å²) in [4.78, 5) is 107. The first-order valence-corrected chi connectivity index (χ1v) is 50.2.